The molecule has 1 atom stereocenters. The minimum absolute atomic E-state index is 0.161. The molecule has 1 aliphatic rings. The minimum Gasteiger partial charge on any atom is -0.444 e. The molecule has 1 saturated carbocycles. The number of hydrogen-bond donors (Lipinski definition) is 2. The Kier molecular flexibility index (Phi) is 5.09. The average molecular weight is 409 g/mol. The van der Waals surface area contributed by atoms with Gasteiger partial charge in [-0.2, -0.15) is 5.10 Å². The maximum absolute atomic E-state index is 13.7. The molecule has 2 N–H and O–H groups in total. The van der Waals surface area contributed by atoms with E-state index in [-0.39, 0.29) is 5.56 Å². The molecule has 1 amide bonds. The van der Waals surface area contributed by atoms with Crippen molar-refractivity contribution >= 4 is 17.0 Å². The smallest absolute Gasteiger partial charge is 0.408 e. The number of carbonyl (C=O) groups is 1. The molecule has 0 radical (unpaired) electrons. The summed E-state index contributed by atoms with van der Waals surface area (Å²) in [6.07, 6.45) is 3.74. The van der Waals surface area contributed by atoms with E-state index in [4.69, 9.17) is 9.72 Å². The highest BCUT2D eigenvalue weighted by atomic mass is 16.6. The molecule has 8 nitrogen and oxygen atoms in total. The molecule has 8 heteroatoms. The van der Waals surface area contributed by atoms with Gasteiger partial charge in [-0.25, -0.2) is 14.3 Å². The number of benzene rings is 1. The zero-order chi connectivity index (χ0) is 21.5. The van der Waals surface area contributed by atoms with Gasteiger partial charge in [-0.1, -0.05) is 19.1 Å². The van der Waals surface area contributed by atoms with Crippen molar-refractivity contribution in [2.75, 3.05) is 0 Å². The van der Waals surface area contributed by atoms with Crippen LogP contribution in [0.5, 0.6) is 0 Å². The molecule has 30 heavy (non-hydrogen) atoms. The van der Waals surface area contributed by atoms with Crippen molar-refractivity contribution in [3.8, 4) is 5.82 Å². The van der Waals surface area contributed by atoms with Crippen LogP contribution in [0.1, 0.15) is 70.3 Å². The van der Waals surface area contributed by atoms with Crippen LogP contribution in [0.25, 0.3) is 16.7 Å². The average Bonchev–Trinajstić information content (AvgIpc) is 3.39. The van der Waals surface area contributed by atoms with Crippen molar-refractivity contribution in [3.05, 3.63) is 52.2 Å². The van der Waals surface area contributed by atoms with E-state index in [1.165, 1.54) is 4.57 Å². The maximum Gasteiger partial charge on any atom is 0.408 e. The molecule has 3 aromatic rings. The molecule has 158 valence electrons. The van der Waals surface area contributed by atoms with Crippen LogP contribution < -0.4 is 10.9 Å². The van der Waals surface area contributed by atoms with Crippen molar-refractivity contribution in [1.82, 2.24) is 25.1 Å². The topological polar surface area (TPSA) is 102 Å². The maximum atomic E-state index is 13.7. The highest BCUT2D eigenvalue weighted by Crippen LogP contribution is 2.42. The number of H-pyrrole nitrogens is 1. The molecule has 1 aromatic carbocycles. The fourth-order valence-electron chi connectivity index (χ4n) is 3.65. The molecule has 1 aliphatic carbocycles. The summed E-state index contributed by atoms with van der Waals surface area (Å²) >= 11 is 0. The first kappa shape index (κ1) is 20.1. The van der Waals surface area contributed by atoms with Crippen LogP contribution in [0.3, 0.4) is 0 Å². The summed E-state index contributed by atoms with van der Waals surface area (Å²) in [6.45, 7) is 7.35. The van der Waals surface area contributed by atoms with Gasteiger partial charge < -0.3 is 10.1 Å². The van der Waals surface area contributed by atoms with Gasteiger partial charge in [0.05, 0.1) is 23.1 Å². The zero-order valence-corrected chi connectivity index (χ0v) is 17.7. The van der Waals surface area contributed by atoms with Gasteiger partial charge in [0.2, 0.25) is 0 Å². The van der Waals surface area contributed by atoms with Crippen molar-refractivity contribution in [1.29, 1.82) is 0 Å². The lowest BCUT2D eigenvalue weighted by atomic mass is 10.0. The molecule has 2 aromatic heterocycles. The molecular weight excluding hydrogens is 382 g/mol. The Balaban J connectivity index is 1.87. The summed E-state index contributed by atoms with van der Waals surface area (Å²) in [5.74, 6) is 1.36. The number of carbonyl (C=O) groups excluding carboxylic acids is 1. The third-order valence-corrected chi connectivity index (χ3v) is 5.11. The first-order valence-corrected chi connectivity index (χ1v) is 10.3. The van der Waals surface area contributed by atoms with Crippen LogP contribution in [0, 0.1) is 0 Å². The zero-order valence-electron chi connectivity index (χ0n) is 17.7. The van der Waals surface area contributed by atoms with Crippen molar-refractivity contribution < 1.29 is 9.53 Å². The van der Waals surface area contributed by atoms with E-state index in [0.717, 1.165) is 18.4 Å². The second-order valence-corrected chi connectivity index (χ2v) is 8.68. The van der Waals surface area contributed by atoms with Gasteiger partial charge in [0.1, 0.15) is 17.2 Å². The van der Waals surface area contributed by atoms with Crippen LogP contribution in [0.15, 0.2) is 35.3 Å². The Morgan fingerprint density at radius 3 is 2.70 bits per heavy atom. The quantitative estimate of drug-likeness (QED) is 0.664. The first-order chi connectivity index (χ1) is 14.3. The second kappa shape index (κ2) is 7.59. The SMILES string of the molecule is CC[C@H](NC(=O)OC(C)(C)C)c1nc2cccc(C3CC3)c2c(=O)n1-c1ccn[nH]1. The van der Waals surface area contributed by atoms with Gasteiger partial charge in [0.25, 0.3) is 5.56 Å². The van der Waals surface area contributed by atoms with Crippen molar-refractivity contribution in [3.63, 3.8) is 0 Å². The summed E-state index contributed by atoms with van der Waals surface area (Å²) in [5, 5.41) is 10.4. The lowest BCUT2D eigenvalue weighted by Gasteiger charge is -2.24. The van der Waals surface area contributed by atoms with Gasteiger partial charge in [-0.3, -0.25) is 9.89 Å². The minimum atomic E-state index is -0.624. The summed E-state index contributed by atoms with van der Waals surface area (Å²) in [5.41, 5.74) is 0.894. The standard InChI is InChI=1S/C22H27N5O3/c1-5-15(25-21(29)30-22(2,3)4)19-24-16-8-6-7-14(13-9-10-13)18(16)20(28)27(19)17-11-12-23-26-17/h6-8,11-13,15H,5,9-10H2,1-4H3,(H,23,26)(H,25,29)/t15-/m0/s1. The van der Waals surface area contributed by atoms with Gasteiger partial charge in [0.15, 0.2) is 0 Å². The van der Waals surface area contributed by atoms with E-state index in [2.05, 4.69) is 15.5 Å². The highest BCUT2D eigenvalue weighted by molar-refractivity contribution is 5.83. The van der Waals surface area contributed by atoms with Gasteiger partial charge in [0, 0.05) is 6.07 Å². The molecule has 1 fully saturated rings. The molecule has 0 aliphatic heterocycles. The van der Waals surface area contributed by atoms with Crippen molar-refractivity contribution in [2.24, 2.45) is 0 Å². The Morgan fingerprint density at radius 2 is 2.10 bits per heavy atom. The van der Waals surface area contributed by atoms with Gasteiger partial charge in [-0.05, 0) is 57.6 Å². The molecule has 0 bridgehead atoms. The Bertz CT molecular complexity index is 1120. The Labute approximate surface area is 174 Å². The van der Waals surface area contributed by atoms with E-state index in [9.17, 15) is 9.59 Å². The Morgan fingerprint density at radius 1 is 1.33 bits per heavy atom. The van der Waals surface area contributed by atoms with Gasteiger partial charge >= 0.3 is 6.09 Å². The number of nitrogens with zero attached hydrogens (tertiary/aromatic N) is 3. The number of fused-ring (bicyclic) bond motifs is 1. The number of hydrogen-bond acceptors (Lipinski definition) is 5. The molecule has 0 spiro atoms. The first-order valence-electron chi connectivity index (χ1n) is 10.3. The summed E-state index contributed by atoms with van der Waals surface area (Å²) in [6, 6.07) is 7.01. The number of nitrogens with one attached hydrogen (secondary N) is 2. The van der Waals surface area contributed by atoms with Crippen LogP contribution >= 0.6 is 0 Å². The third-order valence-electron chi connectivity index (χ3n) is 5.11. The number of ether oxygens (including phenoxy) is 1. The number of alkyl carbamates (subject to hydrolysis) is 1. The predicted octanol–water partition coefficient (Wildman–Crippen LogP) is 3.96. The largest absolute Gasteiger partial charge is 0.444 e. The van der Waals surface area contributed by atoms with Crippen LogP contribution in [0.4, 0.5) is 4.79 Å². The lowest BCUT2D eigenvalue weighted by Crippen LogP contribution is -2.38. The fourth-order valence-corrected chi connectivity index (χ4v) is 3.65. The van der Waals surface area contributed by atoms with Crippen LogP contribution in [-0.2, 0) is 4.74 Å². The van der Waals surface area contributed by atoms with Crippen molar-refractivity contribution in [2.45, 2.75) is 64.5 Å². The molecule has 2 heterocycles. The van der Waals surface area contributed by atoms with E-state index in [0.29, 0.717) is 34.9 Å². The van der Waals surface area contributed by atoms with Crippen LogP contribution in [-0.4, -0.2) is 31.4 Å². The third kappa shape index (κ3) is 3.94. The van der Waals surface area contributed by atoms with E-state index in [1.807, 2.05) is 45.9 Å². The second-order valence-electron chi connectivity index (χ2n) is 8.68. The monoisotopic (exact) mass is 409 g/mol. The molecule has 0 unspecified atom stereocenters. The number of rotatable bonds is 5. The van der Waals surface area contributed by atoms with E-state index >= 15 is 0 Å². The number of amides is 1. The lowest BCUT2D eigenvalue weighted by molar-refractivity contribution is 0.0499. The Hall–Kier alpha value is -3.16. The van der Waals surface area contributed by atoms with Crippen LogP contribution in [0.2, 0.25) is 0 Å². The summed E-state index contributed by atoms with van der Waals surface area (Å²) < 4.78 is 6.93. The fraction of sp³-hybridized carbons (Fsp3) is 0.455. The summed E-state index contributed by atoms with van der Waals surface area (Å²) in [7, 11) is 0. The van der Waals surface area contributed by atoms with E-state index in [1.54, 1.807) is 12.3 Å². The number of aromatic nitrogens is 4. The van der Waals surface area contributed by atoms with E-state index < -0.39 is 17.7 Å². The number of aromatic amines is 1. The highest BCUT2D eigenvalue weighted by Gasteiger charge is 2.29. The molecule has 0 saturated heterocycles. The molecular formula is C22H27N5O3. The molecule has 4 rings (SSSR count). The predicted molar refractivity (Wildman–Crippen MR) is 114 cm³/mol. The van der Waals surface area contributed by atoms with Gasteiger partial charge in [-0.15, -0.1) is 0 Å². The summed E-state index contributed by atoms with van der Waals surface area (Å²) in [4.78, 5) is 30.9. The normalized spacial score (nSPS) is 15.2.